The Bertz CT molecular complexity index is 646. The topological polar surface area (TPSA) is 66.4 Å². The van der Waals surface area contributed by atoms with Crippen molar-refractivity contribution in [3.63, 3.8) is 0 Å². The normalized spacial score (nSPS) is 13.1. The molecule has 0 aliphatic carbocycles. The molecule has 0 aliphatic heterocycles. The van der Waals surface area contributed by atoms with Crippen molar-refractivity contribution in [2.45, 2.75) is 24.0 Å². The van der Waals surface area contributed by atoms with E-state index in [2.05, 4.69) is 5.32 Å². The summed E-state index contributed by atoms with van der Waals surface area (Å²) in [5.74, 6) is -0.694. The van der Waals surface area contributed by atoms with Crippen LogP contribution in [0.1, 0.15) is 22.8 Å². The van der Waals surface area contributed by atoms with E-state index in [1.165, 1.54) is 11.8 Å². The number of hydrogen-bond donors (Lipinski definition) is 2. The largest absolute Gasteiger partial charge is 0.480 e. The van der Waals surface area contributed by atoms with Gasteiger partial charge in [0, 0.05) is 16.6 Å². The van der Waals surface area contributed by atoms with Gasteiger partial charge in [-0.3, -0.25) is 4.79 Å². The fourth-order valence-electron chi connectivity index (χ4n) is 2.09. The van der Waals surface area contributed by atoms with Crippen LogP contribution in [0.5, 0.6) is 0 Å². The second kappa shape index (κ2) is 8.39. The number of nitrogens with one attached hydrogen (secondary N) is 1. The Labute approximate surface area is 139 Å². The van der Waals surface area contributed by atoms with Gasteiger partial charge in [0.05, 0.1) is 0 Å². The Kier molecular flexibility index (Phi) is 6.23. The third kappa shape index (κ3) is 5.14. The maximum absolute atomic E-state index is 12.2. The van der Waals surface area contributed by atoms with Crippen molar-refractivity contribution < 1.29 is 14.7 Å². The summed E-state index contributed by atoms with van der Waals surface area (Å²) in [5.41, 5.74) is 1.59. The molecule has 0 saturated heterocycles. The maximum Gasteiger partial charge on any atom is 0.327 e. The van der Waals surface area contributed by atoms with Crippen LogP contribution >= 0.6 is 11.8 Å². The molecule has 2 aromatic carbocycles. The number of carbonyl (C=O) groups is 2. The number of rotatable bonds is 7. The molecule has 0 heterocycles. The first-order chi connectivity index (χ1) is 11.1. The van der Waals surface area contributed by atoms with Crippen molar-refractivity contribution in [2.75, 3.05) is 0 Å². The summed E-state index contributed by atoms with van der Waals surface area (Å²) in [4.78, 5) is 23.6. The van der Waals surface area contributed by atoms with E-state index in [0.29, 0.717) is 11.3 Å². The van der Waals surface area contributed by atoms with E-state index >= 15 is 0 Å². The van der Waals surface area contributed by atoms with Gasteiger partial charge in [0.1, 0.15) is 6.04 Å². The van der Waals surface area contributed by atoms with Gasteiger partial charge >= 0.3 is 5.97 Å². The fourth-order valence-corrected chi connectivity index (χ4v) is 3.12. The van der Waals surface area contributed by atoms with Crippen LogP contribution in [0.3, 0.4) is 0 Å². The molecule has 0 spiro atoms. The average molecular weight is 329 g/mol. The van der Waals surface area contributed by atoms with Crippen LogP contribution in [0.4, 0.5) is 0 Å². The summed E-state index contributed by atoms with van der Waals surface area (Å²) in [5, 5.41) is 11.8. The molecule has 0 radical (unpaired) electrons. The second-order valence-electron chi connectivity index (χ2n) is 5.16. The van der Waals surface area contributed by atoms with Gasteiger partial charge in [-0.25, -0.2) is 4.79 Å². The summed E-state index contributed by atoms with van der Waals surface area (Å²) in [6, 6.07) is 17.5. The van der Waals surface area contributed by atoms with Crippen LogP contribution in [-0.4, -0.2) is 28.3 Å². The van der Waals surface area contributed by atoms with Crippen LogP contribution in [0.25, 0.3) is 0 Å². The molecule has 0 bridgehead atoms. The molecule has 0 aromatic heterocycles. The first-order valence-corrected chi connectivity index (χ1v) is 8.37. The molecule has 0 saturated carbocycles. The zero-order valence-electron chi connectivity index (χ0n) is 12.8. The van der Waals surface area contributed by atoms with Gasteiger partial charge in [-0.1, -0.05) is 55.5 Å². The van der Waals surface area contributed by atoms with E-state index < -0.39 is 12.0 Å². The molecule has 2 N–H and O–H groups in total. The highest BCUT2D eigenvalue weighted by molar-refractivity contribution is 7.99. The van der Waals surface area contributed by atoms with E-state index in [4.69, 9.17) is 0 Å². The van der Waals surface area contributed by atoms with E-state index in [0.717, 1.165) is 5.56 Å². The van der Waals surface area contributed by atoms with Gasteiger partial charge in [-0.2, -0.15) is 11.8 Å². The highest BCUT2D eigenvalue weighted by Gasteiger charge is 2.27. The third-order valence-electron chi connectivity index (χ3n) is 3.41. The van der Waals surface area contributed by atoms with Gasteiger partial charge in [0.15, 0.2) is 0 Å². The zero-order chi connectivity index (χ0) is 16.7. The number of hydrogen-bond acceptors (Lipinski definition) is 3. The zero-order valence-corrected chi connectivity index (χ0v) is 13.6. The number of carboxylic acids is 1. The summed E-state index contributed by atoms with van der Waals surface area (Å²) in [6.45, 7) is 1.82. The SMILES string of the molecule is C[C@@H](SCc1ccccc1)[C@@H](NC(=O)c1ccccc1)C(=O)O. The summed E-state index contributed by atoms with van der Waals surface area (Å²) >= 11 is 1.51. The van der Waals surface area contributed by atoms with Crippen molar-refractivity contribution in [2.24, 2.45) is 0 Å². The minimum absolute atomic E-state index is 0.250. The quantitative estimate of drug-likeness (QED) is 0.819. The Morgan fingerprint density at radius 1 is 1.04 bits per heavy atom. The van der Waals surface area contributed by atoms with E-state index in [9.17, 15) is 14.7 Å². The van der Waals surface area contributed by atoms with Crippen molar-refractivity contribution >= 4 is 23.6 Å². The van der Waals surface area contributed by atoms with Gasteiger partial charge in [-0.15, -0.1) is 0 Å². The van der Waals surface area contributed by atoms with Crippen LogP contribution in [0.2, 0.25) is 0 Å². The lowest BCUT2D eigenvalue weighted by atomic mass is 10.1. The Hall–Kier alpha value is -2.27. The van der Waals surface area contributed by atoms with Crippen LogP contribution in [0.15, 0.2) is 60.7 Å². The minimum atomic E-state index is -1.03. The molecule has 23 heavy (non-hydrogen) atoms. The van der Waals surface area contributed by atoms with Crippen molar-refractivity contribution in [1.82, 2.24) is 5.32 Å². The van der Waals surface area contributed by atoms with Gasteiger partial charge in [-0.05, 0) is 17.7 Å². The van der Waals surface area contributed by atoms with Gasteiger partial charge in [0.25, 0.3) is 5.91 Å². The number of aliphatic carboxylic acids is 1. The number of amides is 1. The summed E-state index contributed by atoms with van der Waals surface area (Å²) in [6.07, 6.45) is 0. The summed E-state index contributed by atoms with van der Waals surface area (Å²) in [7, 11) is 0. The number of thioether (sulfide) groups is 1. The molecule has 2 aromatic rings. The highest BCUT2D eigenvalue weighted by atomic mass is 32.2. The molecule has 5 heteroatoms. The lowest BCUT2D eigenvalue weighted by Gasteiger charge is -2.21. The number of benzene rings is 2. The van der Waals surface area contributed by atoms with Crippen molar-refractivity contribution in [1.29, 1.82) is 0 Å². The minimum Gasteiger partial charge on any atom is -0.480 e. The average Bonchev–Trinajstić information content (AvgIpc) is 2.58. The smallest absolute Gasteiger partial charge is 0.327 e. The fraction of sp³-hybridized carbons (Fsp3) is 0.222. The monoisotopic (exact) mass is 329 g/mol. The lowest BCUT2D eigenvalue weighted by Crippen LogP contribution is -2.46. The predicted octanol–water partition coefficient (Wildman–Crippen LogP) is 3.19. The molecular formula is C18H19NO3S. The number of carboxylic acid groups (broad SMARTS) is 1. The molecule has 2 rings (SSSR count). The predicted molar refractivity (Wildman–Crippen MR) is 92.5 cm³/mol. The Balaban J connectivity index is 1.97. The van der Waals surface area contributed by atoms with Crippen LogP contribution in [-0.2, 0) is 10.5 Å². The highest BCUT2D eigenvalue weighted by Crippen LogP contribution is 2.20. The third-order valence-corrected chi connectivity index (χ3v) is 4.71. The summed E-state index contributed by atoms with van der Waals surface area (Å²) < 4.78 is 0. The van der Waals surface area contributed by atoms with E-state index in [1.807, 2.05) is 43.3 Å². The van der Waals surface area contributed by atoms with Crippen molar-refractivity contribution in [3.05, 3.63) is 71.8 Å². The molecule has 4 nitrogen and oxygen atoms in total. The molecule has 120 valence electrons. The van der Waals surface area contributed by atoms with Crippen LogP contribution < -0.4 is 5.32 Å². The standard InChI is InChI=1S/C18H19NO3S/c1-13(23-12-14-8-4-2-5-9-14)16(18(21)22)19-17(20)15-10-6-3-7-11-15/h2-11,13,16H,12H2,1H3,(H,19,20)(H,21,22)/t13-,16-/m1/s1. The molecule has 0 aliphatic rings. The molecule has 2 atom stereocenters. The maximum atomic E-state index is 12.2. The van der Waals surface area contributed by atoms with Gasteiger partial charge in [0.2, 0.25) is 0 Å². The molecule has 0 unspecified atom stereocenters. The first kappa shape index (κ1) is 17.1. The lowest BCUT2D eigenvalue weighted by molar-refractivity contribution is -0.139. The van der Waals surface area contributed by atoms with Crippen LogP contribution in [0, 0.1) is 0 Å². The molecule has 1 amide bonds. The Morgan fingerprint density at radius 2 is 1.61 bits per heavy atom. The van der Waals surface area contributed by atoms with E-state index in [1.54, 1.807) is 24.3 Å². The van der Waals surface area contributed by atoms with E-state index in [-0.39, 0.29) is 11.2 Å². The number of carbonyl (C=O) groups excluding carboxylic acids is 1. The second-order valence-corrected chi connectivity index (χ2v) is 6.52. The molecular weight excluding hydrogens is 310 g/mol. The van der Waals surface area contributed by atoms with Crippen molar-refractivity contribution in [3.8, 4) is 0 Å². The first-order valence-electron chi connectivity index (χ1n) is 7.32. The Morgan fingerprint density at radius 3 is 2.17 bits per heavy atom. The van der Waals surface area contributed by atoms with Gasteiger partial charge < -0.3 is 10.4 Å². The molecule has 0 fully saturated rings.